The van der Waals surface area contributed by atoms with E-state index in [1.54, 1.807) is 12.1 Å². The van der Waals surface area contributed by atoms with E-state index in [2.05, 4.69) is 18.2 Å². The SMILES string of the molecule is Oc1ccccc1-c1cccc(-c2[c-]c(-c3cc4ccccc4[n-]3)ccc2)n1.[Au]. The van der Waals surface area contributed by atoms with Crippen LogP contribution in [-0.2, 0) is 22.4 Å². The third-order valence-electron chi connectivity index (χ3n) is 4.75. The summed E-state index contributed by atoms with van der Waals surface area (Å²) in [5.41, 5.74) is 5.95. The molecule has 0 fully saturated rings. The van der Waals surface area contributed by atoms with E-state index in [-0.39, 0.29) is 28.1 Å². The van der Waals surface area contributed by atoms with Gasteiger partial charge in [0.2, 0.25) is 0 Å². The van der Waals surface area contributed by atoms with Crippen molar-refractivity contribution in [3.05, 3.63) is 97.1 Å². The first kappa shape index (κ1) is 19.2. The molecule has 2 heterocycles. The maximum Gasteiger partial charge on any atom is 0.124 e. The molecule has 0 amide bonds. The summed E-state index contributed by atoms with van der Waals surface area (Å²) in [6, 6.07) is 32.6. The zero-order valence-corrected chi connectivity index (χ0v) is 17.5. The maximum absolute atomic E-state index is 10.1. The normalized spacial score (nSPS) is 10.6. The molecule has 3 aromatic carbocycles. The molecule has 0 aliphatic heterocycles. The Morgan fingerprint density at radius 3 is 2.31 bits per heavy atom. The topological polar surface area (TPSA) is 47.2 Å². The van der Waals surface area contributed by atoms with Gasteiger partial charge in [0.05, 0.1) is 5.69 Å². The fraction of sp³-hybridized carbons (Fsp3) is 0. The number of benzene rings is 3. The van der Waals surface area contributed by atoms with E-state index < -0.39 is 0 Å². The van der Waals surface area contributed by atoms with Crippen LogP contribution in [0.3, 0.4) is 0 Å². The van der Waals surface area contributed by atoms with Crippen LogP contribution in [0, 0.1) is 6.07 Å². The predicted molar refractivity (Wildman–Crippen MR) is 112 cm³/mol. The number of rotatable bonds is 3. The molecule has 0 spiro atoms. The van der Waals surface area contributed by atoms with Crippen molar-refractivity contribution in [3.63, 3.8) is 0 Å². The number of para-hydroxylation sites is 2. The molecule has 3 nitrogen and oxygen atoms in total. The van der Waals surface area contributed by atoms with Crippen LogP contribution in [0.2, 0.25) is 0 Å². The first-order valence-corrected chi connectivity index (χ1v) is 9.09. The molecule has 1 N–H and O–H groups in total. The number of nitrogens with zero attached hydrogens (tertiary/aromatic N) is 2. The van der Waals surface area contributed by atoms with Crippen molar-refractivity contribution in [3.8, 4) is 39.5 Å². The van der Waals surface area contributed by atoms with Gasteiger partial charge in [-0.1, -0.05) is 54.1 Å². The Labute approximate surface area is 184 Å². The van der Waals surface area contributed by atoms with Crippen molar-refractivity contribution in [1.29, 1.82) is 0 Å². The number of aromatic nitrogens is 2. The van der Waals surface area contributed by atoms with E-state index >= 15 is 0 Å². The van der Waals surface area contributed by atoms with Crippen LogP contribution in [0.5, 0.6) is 5.75 Å². The van der Waals surface area contributed by atoms with E-state index in [0.717, 1.165) is 39.1 Å². The van der Waals surface area contributed by atoms with Crippen LogP contribution in [0.25, 0.3) is 44.7 Å². The third-order valence-corrected chi connectivity index (χ3v) is 4.75. The molecular formula is C25H16AuN2O-2. The van der Waals surface area contributed by atoms with Crippen molar-refractivity contribution >= 4 is 10.9 Å². The van der Waals surface area contributed by atoms with Gasteiger partial charge in [-0.3, -0.25) is 4.98 Å². The molecule has 4 heteroatoms. The molecule has 5 rings (SSSR count). The van der Waals surface area contributed by atoms with Gasteiger partial charge in [0, 0.05) is 33.6 Å². The Hall–Kier alpha value is -3.11. The molecule has 1 radical (unpaired) electrons. The monoisotopic (exact) mass is 557 g/mol. The fourth-order valence-corrected chi connectivity index (χ4v) is 3.35. The van der Waals surface area contributed by atoms with E-state index in [9.17, 15) is 5.11 Å². The second-order valence-corrected chi connectivity index (χ2v) is 6.60. The van der Waals surface area contributed by atoms with Crippen LogP contribution < -0.4 is 4.98 Å². The minimum absolute atomic E-state index is 0. The van der Waals surface area contributed by atoms with Gasteiger partial charge in [-0.25, -0.2) is 0 Å². The molecule has 5 aromatic rings. The van der Waals surface area contributed by atoms with E-state index in [1.165, 1.54) is 0 Å². The summed E-state index contributed by atoms with van der Waals surface area (Å²) in [5.74, 6) is 0.220. The van der Waals surface area contributed by atoms with Crippen LogP contribution >= 0.6 is 0 Å². The molecule has 0 aliphatic rings. The van der Waals surface area contributed by atoms with Crippen molar-refractivity contribution < 1.29 is 27.5 Å². The number of fused-ring (bicyclic) bond motifs is 1. The number of phenolic OH excluding ortho intramolecular Hbond substituents is 1. The molecule has 0 unspecified atom stereocenters. The molecular weight excluding hydrogens is 541 g/mol. The summed E-state index contributed by atoms with van der Waals surface area (Å²) in [6.45, 7) is 0. The molecule has 0 saturated carbocycles. The summed E-state index contributed by atoms with van der Waals surface area (Å²) in [4.78, 5) is 9.45. The number of aromatic hydroxyl groups is 1. The summed E-state index contributed by atoms with van der Waals surface area (Å²) in [5, 5.41) is 11.3. The molecule has 29 heavy (non-hydrogen) atoms. The quantitative estimate of drug-likeness (QED) is 0.229. The molecule has 0 atom stereocenters. The number of pyridine rings is 1. The van der Waals surface area contributed by atoms with Gasteiger partial charge < -0.3 is 10.1 Å². The average molecular weight is 557 g/mol. The van der Waals surface area contributed by atoms with Crippen molar-refractivity contribution in [1.82, 2.24) is 9.97 Å². The zero-order chi connectivity index (χ0) is 18.9. The molecule has 0 saturated heterocycles. The fourth-order valence-electron chi connectivity index (χ4n) is 3.35. The van der Waals surface area contributed by atoms with Gasteiger partial charge in [0.25, 0.3) is 0 Å². The van der Waals surface area contributed by atoms with Gasteiger partial charge >= 0.3 is 0 Å². The number of hydrogen-bond acceptors (Lipinski definition) is 2. The summed E-state index contributed by atoms with van der Waals surface area (Å²) in [7, 11) is 0. The molecule has 0 aliphatic carbocycles. The summed E-state index contributed by atoms with van der Waals surface area (Å²) < 4.78 is 0. The number of hydrogen-bond donors (Lipinski definition) is 1. The van der Waals surface area contributed by atoms with E-state index in [0.29, 0.717) is 5.56 Å². The largest absolute Gasteiger partial charge is 0.692 e. The van der Waals surface area contributed by atoms with E-state index in [1.807, 2.05) is 66.7 Å². The Bertz CT molecular complexity index is 1260. The van der Waals surface area contributed by atoms with Crippen molar-refractivity contribution in [2.45, 2.75) is 0 Å². The van der Waals surface area contributed by atoms with Crippen LogP contribution in [-0.4, -0.2) is 10.1 Å². The molecule has 0 bridgehead atoms. The Morgan fingerprint density at radius 1 is 0.724 bits per heavy atom. The minimum Gasteiger partial charge on any atom is -0.692 e. The van der Waals surface area contributed by atoms with Crippen molar-refractivity contribution in [2.24, 2.45) is 0 Å². The minimum atomic E-state index is 0. The summed E-state index contributed by atoms with van der Waals surface area (Å²) in [6.07, 6.45) is 0. The van der Waals surface area contributed by atoms with E-state index in [4.69, 9.17) is 9.97 Å². The smallest absolute Gasteiger partial charge is 0.124 e. The van der Waals surface area contributed by atoms with Crippen LogP contribution in [0.4, 0.5) is 0 Å². The maximum atomic E-state index is 10.1. The molecule has 145 valence electrons. The van der Waals surface area contributed by atoms with Gasteiger partial charge in [-0.15, -0.1) is 41.4 Å². The van der Waals surface area contributed by atoms with Gasteiger partial charge in [-0.05, 0) is 23.6 Å². The second-order valence-electron chi connectivity index (χ2n) is 6.60. The van der Waals surface area contributed by atoms with Crippen LogP contribution in [0.1, 0.15) is 0 Å². The summed E-state index contributed by atoms with van der Waals surface area (Å²) >= 11 is 0. The third kappa shape index (κ3) is 3.76. The van der Waals surface area contributed by atoms with Gasteiger partial charge in [0.1, 0.15) is 5.75 Å². The van der Waals surface area contributed by atoms with Crippen LogP contribution in [0.15, 0.2) is 91.0 Å². The molecule has 2 aromatic heterocycles. The van der Waals surface area contributed by atoms with Gasteiger partial charge in [-0.2, -0.15) is 5.69 Å². The Balaban J connectivity index is 0.00000205. The number of phenols is 1. The Morgan fingerprint density at radius 2 is 1.45 bits per heavy atom. The van der Waals surface area contributed by atoms with Crippen molar-refractivity contribution in [2.75, 3.05) is 0 Å². The first-order chi connectivity index (χ1) is 13.8. The Kier molecular flexibility index (Phi) is 5.36. The predicted octanol–water partition coefficient (Wildman–Crippen LogP) is 5.70. The van der Waals surface area contributed by atoms with Gasteiger partial charge in [0.15, 0.2) is 0 Å². The standard InChI is InChI=1S/C25H16N2O.Au/c28-25-14-4-2-10-20(25)23-13-6-12-22(26-23)17-8-5-9-18(15-17)24-16-19-7-1-3-11-21(19)27-24;/h1-14,16H,(H,26,28);/q-2;. The first-order valence-electron chi connectivity index (χ1n) is 9.09. The second kappa shape index (κ2) is 8.10. The zero-order valence-electron chi connectivity index (χ0n) is 15.3. The average Bonchev–Trinajstić information content (AvgIpc) is 3.19.